The number of anilines is 5. The van der Waals surface area contributed by atoms with E-state index in [1.165, 1.54) is 102 Å². The summed E-state index contributed by atoms with van der Waals surface area (Å²) in [5, 5.41) is 4.02. The van der Waals surface area contributed by atoms with Crippen LogP contribution in [0.4, 0.5) is 28.4 Å². The van der Waals surface area contributed by atoms with Gasteiger partial charge in [-0.05, 0) is 103 Å². The summed E-state index contributed by atoms with van der Waals surface area (Å²) in [7, 11) is 0. The van der Waals surface area contributed by atoms with Crippen LogP contribution in [0.2, 0.25) is 0 Å². The molecule has 5 heteroatoms. The number of nitrogens with zero attached hydrogens (tertiary/aromatic N) is 4. The predicted octanol–water partition coefficient (Wildman–Crippen LogP) is 11.1. The molecule has 4 nitrogen and oxygen atoms in total. The third-order valence-corrected chi connectivity index (χ3v) is 14.6. The van der Waals surface area contributed by atoms with Crippen LogP contribution < -0.4 is 26.3 Å². The molecule has 0 bridgehead atoms. The van der Waals surface area contributed by atoms with Gasteiger partial charge in [0.05, 0.1) is 27.8 Å². The van der Waals surface area contributed by atoms with Gasteiger partial charge in [0.25, 0.3) is 6.71 Å². The van der Waals surface area contributed by atoms with Crippen molar-refractivity contribution in [3.05, 3.63) is 169 Å². The first-order valence-corrected chi connectivity index (χ1v) is 20.7. The van der Waals surface area contributed by atoms with E-state index in [0.717, 1.165) is 17.8 Å². The Morgan fingerprint density at radius 3 is 1.88 bits per heavy atom. The highest BCUT2D eigenvalue weighted by molar-refractivity contribution is 7.00. The molecule has 3 aliphatic heterocycles. The van der Waals surface area contributed by atoms with Crippen LogP contribution in [0.5, 0.6) is 0 Å². The van der Waals surface area contributed by atoms with Crippen molar-refractivity contribution in [2.24, 2.45) is 0 Å². The quantitative estimate of drug-likeness (QED) is 0.168. The molecule has 0 saturated heterocycles. The zero-order valence-corrected chi connectivity index (χ0v) is 32.3. The third-order valence-electron chi connectivity index (χ3n) is 14.6. The van der Waals surface area contributed by atoms with Crippen LogP contribution in [-0.2, 0) is 5.41 Å². The van der Waals surface area contributed by atoms with Crippen LogP contribution in [0.1, 0.15) is 45.1 Å². The van der Waals surface area contributed by atoms with Crippen LogP contribution in [0.15, 0.2) is 164 Å². The SMILES string of the molecule is CC12CCCCC1(C)N1c3cc(N(c4ccccc4)c4ccccc4)ccc3B3c4c1c2cc1c2ccccc2n(c41)-c1c3n(-c2ccccc2)c2ccccc12. The Morgan fingerprint density at radius 2 is 1.16 bits per heavy atom. The average Bonchev–Trinajstić information content (AvgIpc) is 3.85. The van der Waals surface area contributed by atoms with Crippen molar-refractivity contribution in [1.82, 2.24) is 9.13 Å². The highest BCUT2D eigenvalue weighted by atomic mass is 15.3. The Balaban J connectivity index is 1.21. The van der Waals surface area contributed by atoms with Crippen molar-refractivity contribution < 1.29 is 0 Å². The minimum absolute atomic E-state index is 0.0123. The van der Waals surface area contributed by atoms with E-state index >= 15 is 0 Å². The molecule has 13 rings (SSSR count). The molecule has 2 unspecified atom stereocenters. The van der Waals surface area contributed by atoms with Gasteiger partial charge in [0.15, 0.2) is 0 Å². The molecule has 272 valence electrons. The van der Waals surface area contributed by atoms with Gasteiger partial charge >= 0.3 is 0 Å². The van der Waals surface area contributed by atoms with E-state index in [-0.39, 0.29) is 17.7 Å². The second kappa shape index (κ2) is 11.1. The van der Waals surface area contributed by atoms with Gasteiger partial charge in [0, 0.05) is 61.3 Å². The molecule has 1 fully saturated rings. The summed E-state index contributed by atoms with van der Waals surface area (Å²) in [6.45, 7) is 5.21. The van der Waals surface area contributed by atoms with Crippen LogP contribution in [0.25, 0.3) is 44.1 Å². The molecule has 1 saturated carbocycles. The van der Waals surface area contributed by atoms with Crippen LogP contribution in [-0.4, -0.2) is 21.4 Å². The maximum absolute atomic E-state index is 2.86. The minimum atomic E-state index is -0.0847. The molecule has 2 atom stereocenters. The van der Waals surface area contributed by atoms with Crippen molar-refractivity contribution >= 4 is 84.4 Å². The summed E-state index contributed by atoms with van der Waals surface area (Å²) in [6, 6.07) is 61.2. The molecule has 9 aromatic rings. The van der Waals surface area contributed by atoms with E-state index in [9.17, 15) is 0 Å². The van der Waals surface area contributed by atoms with E-state index in [4.69, 9.17) is 0 Å². The highest BCUT2D eigenvalue weighted by Crippen LogP contribution is 2.62. The van der Waals surface area contributed by atoms with Gasteiger partial charge in [-0.15, -0.1) is 0 Å². The standard InChI is InChI=1S/C52H41BN4/c1-51-30-16-17-31-52(51,2)57-45-32-37(54(34-18-6-3-7-19-34)35-20-8-4-9-21-35)28-29-42(45)53-46-47-40(33-41(51)49(46)57)38-24-12-14-26-43(38)56(47)48-39-25-13-15-27-44(39)55(50(48)53)36-22-10-5-11-23-36/h3-15,18-29,32-33H,16-17,30-31H2,1-2H3. The lowest BCUT2D eigenvalue weighted by molar-refractivity contribution is 0.195. The number of benzene rings is 7. The molecule has 0 radical (unpaired) electrons. The van der Waals surface area contributed by atoms with Crippen LogP contribution in [0.3, 0.4) is 0 Å². The summed E-state index contributed by atoms with van der Waals surface area (Å²) in [5.74, 6) is 0. The highest BCUT2D eigenvalue weighted by Gasteiger charge is 2.62. The number of hydrogen-bond donors (Lipinski definition) is 0. The van der Waals surface area contributed by atoms with Crippen molar-refractivity contribution in [3.63, 3.8) is 0 Å². The molecule has 1 aliphatic carbocycles. The molecule has 0 amide bonds. The Morgan fingerprint density at radius 1 is 0.544 bits per heavy atom. The molecule has 2 aromatic heterocycles. The summed E-state index contributed by atoms with van der Waals surface area (Å²) >= 11 is 0. The van der Waals surface area contributed by atoms with Crippen molar-refractivity contribution in [1.29, 1.82) is 0 Å². The largest absolute Gasteiger partial charge is 0.335 e. The molecule has 0 spiro atoms. The molecule has 4 aliphatic rings. The van der Waals surface area contributed by atoms with Crippen molar-refractivity contribution in [2.45, 2.75) is 50.5 Å². The minimum Gasteiger partial charge on any atom is -0.335 e. The van der Waals surface area contributed by atoms with Gasteiger partial charge in [-0.1, -0.05) is 117 Å². The first kappa shape index (κ1) is 31.7. The van der Waals surface area contributed by atoms with Crippen LogP contribution >= 0.6 is 0 Å². The maximum atomic E-state index is 2.86. The zero-order valence-electron chi connectivity index (χ0n) is 32.3. The topological polar surface area (TPSA) is 16.3 Å². The number of aromatic nitrogens is 2. The molecule has 7 aromatic carbocycles. The predicted molar refractivity (Wildman–Crippen MR) is 240 cm³/mol. The number of fused-ring (bicyclic) bond motifs is 14. The van der Waals surface area contributed by atoms with Gasteiger partial charge in [-0.2, -0.15) is 0 Å². The first-order chi connectivity index (χ1) is 28.1. The van der Waals surface area contributed by atoms with E-state index in [1.54, 1.807) is 0 Å². The second-order valence-corrected chi connectivity index (χ2v) is 17.2. The molecule has 0 N–H and O–H groups in total. The summed E-state index contributed by atoms with van der Waals surface area (Å²) in [6.07, 6.45) is 4.85. The Bertz CT molecular complexity index is 3090. The van der Waals surface area contributed by atoms with E-state index in [2.05, 4.69) is 197 Å². The van der Waals surface area contributed by atoms with Gasteiger partial charge in [-0.25, -0.2) is 0 Å². The van der Waals surface area contributed by atoms with Gasteiger partial charge in [0.1, 0.15) is 0 Å². The Kier molecular flexibility index (Phi) is 6.18. The third kappa shape index (κ3) is 3.85. The van der Waals surface area contributed by atoms with E-state index in [1.807, 2.05) is 0 Å². The molecular weight excluding hydrogens is 691 g/mol. The lowest BCUT2D eigenvalue weighted by atomic mass is 9.35. The van der Waals surface area contributed by atoms with Crippen LogP contribution in [0, 0.1) is 0 Å². The molecular formula is C52H41BN4. The Labute approximate surface area is 333 Å². The fourth-order valence-electron chi connectivity index (χ4n) is 12.0. The fraction of sp³-hybridized carbons (Fsp3) is 0.154. The Hall–Kier alpha value is -6.46. The number of rotatable bonds is 4. The number of para-hydroxylation sites is 5. The van der Waals surface area contributed by atoms with Gasteiger partial charge < -0.3 is 18.9 Å². The summed E-state index contributed by atoms with van der Waals surface area (Å²) in [4.78, 5) is 5.30. The van der Waals surface area contributed by atoms with Gasteiger partial charge in [0.2, 0.25) is 0 Å². The fourth-order valence-corrected chi connectivity index (χ4v) is 12.0. The molecule has 57 heavy (non-hydrogen) atoms. The number of hydrogen-bond acceptors (Lipinski definition) is 2. The summed E-state index contributed by atoms with van der Waals surface area (Å²) < 4.78 is 5.25. The van der Waals surface area contributed by atoms with E-state index < -0.39 is 0 Å². The normalized spacial score (nSPS) is 19.9. The summed E-state index contributed by atoms with van der Waals surface area (Å²) in [5.41, 5.74) is 18.4. The smallest absolute Gasteiger partial charge is 0.273 e. The lowest BCUT2D eigenvalue weighted by Gasteiger charge is -2.52. The van der Waals surface area contributed by atoms with Crippen molar-refractivity contribution in [2.75, 3.05) is 9.80 Å². The monoisotopic (exact) mass is 732 g/mol. The maximum Gasteiger partial charge on any atom is 0.273 e. The molecule has 5 heterocycles. The van der Waals surface area contributed by atoms with Crippen molar-refractivity contribution in [3.8, 4) is 11.4 Å². The second-order valence-electron chi connectivity index (χ2n) is 17.2. The zero-order chi connectivity index (χ0) is 37.6. The average molecular weight is 733 g/mol. The van der Waals surface area contributed by atoms with E-state index in [0.29, 0.717) is 0 Å². The van der Waals surface area contributed by atoms with Gasteiger partial charge in [-0.3, -0.25) is 0 Å². The first-order valence-electron chi connectivity index (χ1n) is 20.7. The lowest BCUT2D eigenvalue weighted by Crippen LogP contribution is -2.64.